The number of hydrogen-bond donors (Lipinski definition) is 0. The lowest BCUT2D eigenvalue weighted by Crippen LogP contribution is -1.96. The average molecular weight is 415 g/mol. The van der Waals surface area contributed by atoms with Gasteiger partial charge in [-0.1, -0.05) is 48.0 Å². The van der Waals surface area contributed by atoms with Gasteiger partial charge in [-0.3, -0.25) is 0 Å². The van der Waals surface area contributed by atoms with Crippen LogP contribution < -0.4 is 4.74 Å². The van der Waals surface area contributed by atoms with Crippen LogP contribution in [0.3, 0.4) is 0 Å². The molecule has 0 radical (unpaired) electrons. The van der Waals surface area contributed by atoms with Crippen molar-refractivity contribution in [3.63, 3.8) is 0 Å². The molecule has 0 aliphatic heterocycles. The van der Waals surface area contributed by atoms with Crippen LogP contribution in [-0.4, -0.2) is 9.38 Å². The summed E-state index contributed by atoms with van der Waals surface area (Å²) in [4.78, 5) is 4.76. The van der Waals surface area contributed by atoms with Crippen LogP contribution in [0.4, 0.5) is 0 Å². The number of fused-ring (bicyclic) bond motifs is 1. The van der Waals surface area contributed by atoms with Crippen molar-refractivity contribution < 1.29 is 4.74 Å². The molecule has 0 bridgehead atoms. The molecule has 4 heteroatoms. The predicted octanol–water partition coefficient (Wildman–Crippen LogP) is 6.43. The molecular weight excluding hydrogens is 394 g/mol. The number of nitrogens with zero attached hydrogens (tertiary/aromatic N) is 3. The SMILES string of the molecule is Cc1ccc(-c2cn3cc(-c4cccc(COc5ccc(C#N)cc5)c4)ccc3n2)cc1. The van der Waals surface area contributed by atoms with Gasteiger partial charge in [0.2, 0.25) is 0 Å². The van der Waals surface area contributed by atoms with Crippen LogP contribution in [0.25, 0.3) is 28.0 Å². The van der Waals surface area contributed by atoms with Crippen molar-refractivity contribution in [1.29, 1.82) is 5.26 Å². The van der Waals surface area contributed by atoms with Gasteiger partial charge in [0.1, 0.15) is 18.0 Å². The summed E-state index contributed by atoms with van der Waals surface area (Å²) in [6.45, 7) is 2.55. The van der Waals surface area contributed by atoms with Gasteiger partial charge in [0.05, 0.1) is 17.3 Å². The minimum Gasteiger partial charge on any atom is -0.489 e. The first kappa shape index (κ1) is 19.6. The van der Waals surface area contributed by atoms with Crippen molar-refractivity contribution in [3.05, 3.63) is 114 Å². The summed E-state index contributed by atoms with van der Waals surface area (Å²) in [5.41, 5.74) is 8.18. The number of aromatic nitrogens is 2. The standard InChI is InChI=1S/C28H21N3O/c1-20-5-9-23(10-6-20)27-18-31-17-25(11-14-28(31)30-27)24-4-2-3-22(15-24)19-32-26-12-7-21(16-29)8-13-26/h2-15,17-18H,19H2,1H3. The van der Waals surface area contributed by atoms with E-state index in [2.05, 4.69) is 78.3 Å². The van der Waals surface area contributed by atoms with Crippen LogP contribution in [-0.2, 0) is 6.61 Å². The zero-order valence-electron chi connectivity index (χ0n) is 17.7. The van der Waals surface area contributed by atoms with Gasteiger partial charge in [0.15, 0.2) is 0 Å². The third-order valence-electron chi connectivity index (χ3n) is 5.45. The van der Waals surface area contributed by atoms with E-state index < -0.39 is 0 Å². The molecule has 5 aromatic rings. The molecule has 32 heavy (non-hydrogen) atoms. The second-order valence-corrected chi connectivity index (χ2v) is 7.80. The Hall–Kier alpha value is -4.36. The van der Waals surface area contributed by atoms with Crippen LogP contribution in [0.1, 0.15) is 16.7 Å². The lowest BCUT2D eigenvalue weighted by molar-refractivity contribution is 0.306. The molecule has 0 unspecified atom stereocenters. The van der Waals surface area contributed by atoms with E-state index >= 15 is 0 Å². The van der Waals surface area contributed by atoms with E-state index in [1.165, 1.54) is 5.56 Å². The summed E-state index contributed by atoms with van der Waals surface area (Å²) in [6.07, 6.45) is 4.18. The van der Waals surface area contributed by atoms with E-state index in [1.54, 1.807) is 12.1 Å². The summed E-state index contributed by atoms with van der Waals surface area (Å²) in [7, 11) is 0. The topological polar surface area (TPSA) is 50.3 Å². The molecule has 0 N–H and O–H groups in total. The van der Waals surface area contributed by atoms with Crippen molar-refractivity contribution in [2.45, 2.75) is 13.5 Å². The van der Waals surface area contributed by atoms with Gasteiger partial charge in [0, 0.05) is 18.0 Å². The highest BCUT2D eigenvalue weighted by atomic mass is 16.5. The highest BCUT2D eigenvalue weighted by Gasteiger charge is 2.07. The normalized spacial score (nSPS) is 10.8. The smallest absolute Gasteiger partial charge is 0.137 e. The maximum Gasteiger partial charge on any atom is 0.137 e. The van der Waals surface area contributed by atoms with E-state index in [-0.39, 0.29) is 0 Å². The lowest BCUT2D eigenvalue weighted by atomic mass is 10.1. The number of pyridine rings is 1. The average Bonchev–Trinajstić information content (AvgIpc) is 3.27. The zero-order chi connectivity index (χ0) is 21.9. The Morgan fingerprint density at radius 2 is 1.62 bits per heavy atom. The fourth-order valence-electron chi connectivity index (χ4n) is 3.66. The molecule has 0 amide bonds. The monoisotopic (exact) mass is 415 g/mol. The van der Waals surface area contributed by atoms with Crippen molar-refractivity contribution >= 4 is 5.65 Å². The number of rotatable bonds is 5. The number of ether oxygens (including phenoxy) is 1. The molecule has 2 aromatic heterocycles. The van der Waals surface area contributed by atoms with Crippen molar-refractivity contribution in [3.8, 4) is 34.2 Å². The van der Waals surface area contributed by atoms with Crippen molar-refractivity contribution in [1.82, 2.24) is 9.38 Å². The minimum atomic E-state index is 0.463. The molecule has 0 atom stereocenters. The van der Waals surface area contributed by atoms with Crippen LogP contribution in [0.15, 0.2) is 97.3 Å². The fraction of sp³-hybridized carbons (Fsp3) is 0.0714. The first-order valence-corrected chi connectivity index (χ1v) is 10.5. The molecule has 154 valence electrons. The van der Waals surface area contributed by atoms with Gasteiger partial charge >= 0.3 is 0 Å². The highest BCUT2D eigenvalue weighted by molar-refractivity contribution is 5.68. The Labute approximate surface area is 187 Å². The number of hydrogen-bond acceptors (Lipinski definition) is 3. The molecule has 0 aliphatic rings. The lowest BCUT2D eigenvalue weighted by Gasteiger charge is -2.09. The van der Waals surface area contributed by atoms with E-state index in [4.69, 9.17) is 15.0 Å². The second-order valence-electron chi connectivity index (χ2n) is 7.80. The van der Waals surface area contributed by atoms with Crippen LogP contribution in [0.2, 0.25) is 0 Å². The molecule has 5 rings (SSSR count). The Morgan fingerprint density at radius 3 is 2.41 bits per heavy atom. The number of benzene rings is 3. The Kier molecular flexibility index (Phi) is 5.15. The summed E-state index contributed by atoms with van der Waals surface area (Å²) < 4.78 is 7.96. The molecule has 4 nitrogen and oxygen atoms in total. The molecule has 0 spiro atoms. The van der Waals surface area contributed by atoms with Gasteiger partial charge in [-0.25, -0.2) is 4.98 Å². The van der Waals surface area contributed by atoms with Crippen LogP contribution in [0, 0.1) is 18.3 Å². The molecule has 0 fully saturated rings. The van der Waals surface area contributed by atoms with Crippen molar-refractivity contribution in [2.75, 3.05) is 0 Å². The third-order valence-corrected chi connectivity index (χ3v) is 5.45. The van der Waals surface area contributed by atoms with Gasteiger partial charge in [-0.2, -0.15) is 5.26 Å². The van der Waals surface area contributed by atoms with Crippen molar-refractivity contribution in [2.24, 2.45) is 0 Å². The van der Waals surface area contributed by atoms with E-state index in [0.717, 1.165) is 39.3 Å². The van der Waals surface area contributed by atoms with Crippen LogP contribution in [0.5, 0.6) is 5.75 Å². The van der Waals surface area contributed by atoms with E-state index in [9.17, 15) is 0 Å². The molecule has 0 saturated carbocycles. The largest absolute Gasteiger partial charge is 0.489 e. The highest BCUT2D eigenvalue weighted by Crippen LogP contribution is 2.25. The first-order valence-electron chi connectivity index (χ1n) is 10.5. The van der Waals surface area contributed by atoms with Crippen LogP contribution >= 0.6 is 0 Å². The van der Waals surface area contributed by atoms with Gasteiger partial charge < -0.3 is 9.14 Å². The summed E-state index contributed by atoms with van der Waals surface area (Å²) in [5, 5.41) is 8.91. The van der Waals surface area contributed by atoms with E-state index in [0.29, 0.717) is 12.2 Å². The Morgan fingerprint density at radius 1 is 0.844 bits per heavy atom. The molecule has 3 aromatic carbocycles. The minimum absolute atomic E-state index is 0.463. The molecule has 0 saturated heterocycles. The first-order chi connectivity index (χ1) is 15.7. The predicted molar refractivity (Wildman–Crippen MR) is 126 cm³/mol. The summed E-state index contributed by atoms with van der Waals surface area (Å²) >= 11 is 0. The maximum absolute atomic E-state index is 8.91. The third kappa shape index (κ3) is 4.10. The molecular formula is C28H21N3O. The molecule has 2 heterocycles. The maximum atomic E-state index is 8.91. The van der Waals surface area contributed by atoms with E-state index in [1.807, 2.05) is 24.3 Å². The van der Waals surface area contributed by atoms with Gasteiger partial charge in [-0.15, -0.1) is 0 Å². The van der Waals surface area contributed by atoms with Gasteiger partial charge in [0.25, 0.3) is 0 Å². The number of imidazole rings is 1. The quantitative estimate of drug-likeness (QED) is 0.332. The Balaban J connectivity index is 1.37. The number of aryl methyl sites for hydroxylation is 1. The zero-order valence-corrected chi connectivity index (χ0v) is 17.7. The summed E-state index contributed by atoms with van der Waals surface area (Å²) in [5.74, 6) is 0.748. The summed E-state index contributed by atoms with van der Waals surface area (Å²) in [6, 6.07) is 30.2. The number of nitriles is 1. The Bertz CT molecular complexity index is 1420. The fourth-order valence-corrected chi connectivity index (χ4v) is 3.66. The van der Waals surface area contributed by atoms with Gasteiger partial charge in [-0.05, 0) is 66.1 Å². The molecule has 0 aliphatic carbocycles. The second kappa shape index (κ2) is 8.41.